The highest BCUT2D eigenvalue weighted by molar-refractivity contribution is 8.13. The van der Waals surface area contributed by atoms with Crippen LogP contribution in [-0.2, 0) is 10.3 Å². The molecule has 0 bridgehead atoms. The molecule has 6 nitrogen and oxygen atoms in total. The van der Waals surface area contributed by atoms with Gasteiger partial charge in [-0.05, 0) is 12.5 Å². The number of nitrogens with two attached hydrogens (primary N) is 1. The van der Waals surface area contributed by atoms with E-state index < -0.39 is 5.54 Å². The fourth-order valence-electron chi connectivity index (χ4n) is 3.51. The zero-order valence-corrected chi connectivity index (χ0v) is 14.9. The Labute approximate surface area is 155 Å². The van der Waals surface area contributed by atoms with E-state index in [1.54, 1.807) is 30.7 Å². The molecule has 0 saturated carbocycles. The SMILES string of the molecule is NC1=NC2(c3ccccc3F)COC(COc3cnccn3)CC2CS1. The Bertz CT molecular complexity index is 807. The Hall–Kier alpha value is -2.19. The summed E-state index contributed by atoms with van der Waals surface area (Å²) in [6.07, 6.45) is 5.33. The highest BCUT2D eigenvalue weighted by atomic mass is 32.2. The maximum Gasteiger partial charge on any atom is 0.232 e. The molecule has 4 rings (SSSR count). The number of halogens is 1. The van der Waals surface area contributed by atoms with Crippen molar-refractivity contribution in [3.05, 3.63) is 54.2 Å². The van der Waals surface area contributed by atoms with Gasteiger partial charge in [-0.3, -0.25) is 4.98 Å². The van der Waals surface area contributed by atoms with Crippen LogP contribution in [0.4, 0.5) is 4.39 Å². The first-order valence-corrected chi connectivity index (χ1v) is 9.39. The first-order chi connectivity index (χ1) is 12.7. The lowest BCUT2D eigenvalue weighted by Crippen LogP contribution is -2.51. The minimum atomic E-state index is -0.774. The van der Waals surface area contributed by atoms with Crippen LogP contribution in [0.5, 0.6) is 5.88 Å². The van der Waals surface area contributed by atoms with Gasteiger partial charge in [0.2, 0.25) is 5.88 Å². The van der Waals surface area contributed by atoms with E-state index in [0.717, 1.165) is 5.75 Å². The van der Waals surface area contributed by atoms with Gasteiger partial charge in [-0.15, -0.1) is 0 Å². The van der Waals surface area contributed by atoms with E-state index in [-0.39, 0.29) is 24.4 Å². The summed E-state index contributed by atoms with van der Waals surface area (Å²) in [6.45, 7) is 0.640. The van der Waals surface area contributed by atoms with Gasteiger partial charge in [-0.2, -0.15) is 0 Å². The van der Waals surface area contributed by atoms with Crippen molar-refractivity contribution >= 4 is 16.9 Å². The molecular weight excluding hydrogens is 355 g/mol. The van der Waals surface area contributed by atoms with Gasteiger partial charge in [0.1, 0.15) is 18.0 Å². The van der Waals surface area contributed by atoms with Gasteiger partial charge in [-0.25, -0.2) is 14.4 Å². The van der Waals surface area contributed by atoms with Crippen LogP contribution in [-0.4, -0.2) is 40.2 Å². The van der Waals surface area contributed by atoms with Crippen LogP contribution in [0, 0.1) is 11.7 Å². The smallest absolute Gasteiger partial charge is 0.232 e. The Morgan fingerprint density at radius 1 is 1.35 bits per heavy atom. The normalized spacial score (nSPS) is 28.1. The Morgan fingerprint density at radius 3 is 3.04 bits per heavy atom. The molecule has 3 heterocycles. The Kier molecular flexibility index (Phi) is 4.78. The molecule has 3 atom stereocenters. The fraction of sp³-hybridized carbons (Fsp3) is 0.389. The van der Waals surface area contributed by atoms with Crippen LogP contribution in [0.3, 0.4) is 0 Å². The number of rotatable bonds is 4. The van der Waals surface area contributed by atoms with Gasteiger partial charge in [0.15, 0.2) is 5.17 Å². The third kappa shape index (κ3) is 3.26. The van der Waals surface area contributed by atoms with Crippen LogP contribution in [0.2, 0.25) is 0 Å². The second-order valence-electron chi connectivity index (χ2n) is 6.39. The van der Waals surface area contributed by atoms with Crippen molar-refractivity contribution in [2.24, 2.45) is 16.6 Å². The van der Waals surface area contributed by atoms with Gasteiger partial charge in [0, 0.05) is 29.6 Å². The van der Waals surface area contributed by atoms with Crippen LogP contribution in [0.15, 0.2) is 47.8 Å². The standard InChI is InChI=1S/C18H19FN4O2S/c19-15-4-2-1-3-14(15)18-11-25-13(7-12(18)10-26-17(20)23-18)9-24-16-8-21-5-6-22-16/h1-6,8,12-13H,7,9-11H2,(H2,20,23). The monoisotopic (exact) mass is 374 g/mol. The van der Waals surface area contributed by atoms with Crippen molar-refractivity contribution in [2.45, 2.75) is 18.1 Å². The van der Waals surface area contributed by atoms with E-state index in [1.807, 2.05) is 6.07 Å². The Balaban J connectivity index is 1.54. The average molecular weight is 374 g/mol. The molecule has 26 heavy (non-hydrogen) atoms. The molecule has 2 aromatic rings. The Morgan fingerprint density at radius 2 is 2.23 bits per heavy atom. The molecule has 8 heteroatoms. The molecule has 2 N–H and O–H groups in total. The maximum absolute atomic E-state index is 14.5. The van der Waals surface area contributed by atoms with Crippen LogP contribution < -0.4 is 10.5 Å². The molecule has 2 aliphatic heterocycles. The van der Waals surface area contributed by atoms with E-state index in [2.05, 4.69) is 15.0 Å². The first-order valence-electron chi connectivity index (χ1n) is 8.41. The van der Waals surface area contributed by atoms with Crippen molar-refractivity contribution in [1.82, 2.24) is 9.97 Å². The van der Waals surface area contributed by atoms with Crippen LogP contribution in [0.1, 0.15) is 12.0 Å². The molecule has 1 aromatic carbocycles. The highest BCUT2D eigenvalue weighted by Crippen LogP contribution is 2.46. The van der Waals surface area contributed by atoms with Gasteiger partial charge in [-0.1, -0.05) is 30.0 Å². The second-order valence-corrected chi connectivity index (χ2v) is 7.43. The van der Waals surface area contributed by atoms with Crippen LogP contribution in [0.25, 0.3) is 0 Å². The predicted octanol–water partition coefficient (Wildman–Crippen LogP) is 2.36. The number of nitrogens with zero attached hydrogens (tertiary/aromatic N) is 3. The number of ether oxygens (including phenoxy) is 2. The number of thioether (sulfide) groups is 1. The lowest BCUT2D eigenvalue weighted by molar-refractivity contribution is -0.0735. The number of hydrogen-bond acceptors (Lipinski definition) is 7. The predicted molar refractivity (Wildman–Crippen MR) is 97.5 cm³/mol. The molecule has 2 aliphatic rings. The molecule has 0 aliphatic carbocycles. The van der Waals surface area contributed by atoms with Crippen molar-refractivity contribution in [3.8, 4) is 5.88 Å². The summed E-state index contributed by atoms with van der Waals surface area (Å²) in [5, 5.41) is 0.474. The summed E-state index contributed by atoms with van der Waals surface area (Å²) >= 11 is 1.51. The number of aliphatic imine (C=N–C) groups is 1. The molecule has 1 fully saturated rings. The molecule has 0 amide bonds. The first kappa shape index (κ1) is 17.2. The summed E-state index contributed by atoms with van der Waals surface area (Å²) in [6, 6.07) is 6.73. The quantitative estimate of drug-likeness (QED) is 0.885. The van der Waals surface area contributed by atoms with Gasteiger partial charge >= 0.3 is 0 Å². The van der Waals surface area contributed by atoms with Crippen molar-refractivity contribution in [3.63, 3.8) is 0 Å². The third-order valence-corrected chi connectivity index (χ3v) is 5.76. The molecule has 3 unspecified atom stereocenters. The van der Waals surface area contributed by atoms with Gasteiger partial charge in [0.05, 0.1) is 18.9 Å². The number of fused-ring (bicyclic) bond motifs is 1. The van der Waals surface area contributed by atoms with E-state index in [9.17, 15) is 4.39 Å². The lowest BCUT2D eigenvalue weighted by atomic mass is 9.75. The van der Waals surface area contributed by atoms with Crippen molar-refractivity contribution in [1.29, 1.82) is 0 Å². The average Bonchev–Trinajstić information content (AvgIpc) is 2.67. The summed E-state index contributed by atoms with van der Waals surface area (Å²) in [7, 11) is 0. The number of benzene rings is 1. The van der Waals surface area contributed by atoms with E-state index in [4.69, 9.17) is 15.2 Å². The lowest BCUT2D eigenvalue weighted by Gasteiger charge is -2.46. The summed E-state index contributed by atoms with van der Waals surface area (Å²) < 4.78 is 26.2. The molecular formula is C18H19FN4O2S. The number of amidine groups is 1. The summed E-state index contributed by atoms with van der Waals surface area (Å²) in [5.74, 6) is 1.07. The van der Waals surface area contributed by atoms with Gasteiger partial charge in [0.25, 0.3) is 0 Å². The molecule has 136 valence electrons. The minimum absolute atomic E-state index is 0.112. The summed E-state index contributed by atoms with van der Waals surface area (Å²) in [5.41, 5.74) is 5.75. The zero-order valence-electron chi connectivity index (χ0n) is 14.0. The maximum atomic E-state index is 14.5. The largest absolute Gasteiger partial charge is 0.474 e. The number of hydrogen-bond donors (Lipinski definition) is 1. The molecule has 1 saturated heterocycles. The topological polar surface area (TPSA) is 82.6 Å². The fourth-order valence-corrected chi connectivity index (χ4v) is 4.52. The molecule has 0 radical (unpaired) electrons. The van der Waals surface area contributed by atoms with E-state index >= 15 is 0 Å². The highest BCUT2D eigenvalue weighted by Gasteiger charge is 2.49. The minimum Gasteiger partial charge on any atom is -0.474 e. The van der Waals surface area contributed by atoms with Crippen molar-refractivity contribution in [2.75, 3.05) is 19.0 Å². The third-order valence-electron chi connectivity index (χ3n) is 4.80. The second kappa shape index (κ2) is 7.20. The zero-order chi connectivity index (χ0) is 18.0. The van der Waals surface area contributed by atoms with Crippen molar-refractivity contribution < 1.29 is 13.9 Å². The van der Waals surface area contributed by atoms with E-state index in [1.165, 1.54) is 17.8 Å². The summed E-state index contributed by atoms with van der Waals surface area (Å²) in [4.78, 5) is 12.7. The molecule has 0 spiro atoms. The molecule has 1 aromatic heterocycles. The van der Waals surface area contributed by atoms with Gasteiger partial charge < -0.3 is 15.2 Å². The number of aromatic nitrogens is 2. The van der Waals surface area contributed by atoms with E-state index in [0.29, 0.717) is 29.6 Å². The van der Waals surface area contributed by atoms with Crippen LogP contribution >= 0.6 is 11.8 Å².